The molecule has 5 heteroatoms. The topological polar surface area (TPSA) is 44.5 Å². The predicted octanol–water partition coefficient (Wildman–Crippen LogP) is 3.74. The summed E-state index contributed by atoms with van der Waals surface area (Å²) >= 11 is 6.04. The number of hydrogen-bond donors (Lipinski definition) is 1. The maximum absolute atomic E-state index is 13.9. The first-order valence-corrected chi connectivity index (χ1v) is 6.85. The van der Waals surface area contributed by atoms with E-state index in [0.29, 0.717) is 22.1 Å². The summed E-state index contributed by atoms with van der Waals surface area (Å²) in [6.07, 6.45) is 0.273. The Morgan fingerprint density at radius 2 is 1.95 bits per heavy atom. The Hall–Kier alpha value is -1.78. The van der Waals surface area contributed by atoms with Crippen molar-refractivity contribution in [3.8, 4) is 11.5 Å². The zero-order valence-corrected chi connectivity index (χ0v) is 12.7. The van der Waals surface area contributed by atoms with Gasteiger partial charge in [-0.2, -0.15) is 0 Å². The quantitative estimate of drug-likeness (QED) is 0.915. The first kappa shape index (κ1) is 15.6. The summed E-state index contributed by atoms with van der Waals surface area (Å²) in [5.74, 6) is 0.941. The third kappa shape index (κ3) is 3.46. The molecular weight excluding hydrogens is 293 g/mol. The lowest BCUT2D eigenvalue weighted by atomic mass is 9.98. The number of nitrogens with two attached hydrogens (primary N) is 1. The Kier molecular flexibility index (Phi) is 5.04. The Bertz CT molecular complexity index is 613. The van der Waals surface area contributed by atoms with Crippen molar-refractivity contribution in [1.82, 2.24) is 0 Å². The molecule has 1 atom stereocenters. The Balaban J connectivity index is 2.33. The SMILES string of the molecule is COc1ccc(OC)c(C(N)Cc2c(F)cccc2Cl)c1. The van der Waals surface area contributed by atoms with Gasteiger partial charge in [-0.1, -0.05) is 17.7 Å². The molecule has 3 nitrogen and oxygen atoms in total. The van der Waals surface area contributed by atoms with Gasteiger partial charge in [0.2, 0.25) is 0 Å². The second-order valence-electron chi connectivity index (χ2n) is 4.62. The Labute approximate surface area is 128 Å². The van der Waals surface area contributed by atoms with Crippen LogP contribution in [0.15, 0.2) is 36.4 Å². The minimum atomic E-state index is -0.454. The largest absolute Gasteiger partial charge is 0.497 e. The van der Waals surface area contributed by atoms with E-state index in [1.807, 2.05) is 0 Å². The Morgan fingerprint density at radius 1 is 1.19 bits per heavy atom. The fourth-order valence-electron chi connectivity index (χ4n) is 2.19. The van der Waals surface area contributed by atoms with Gasteiger partial charge in [0, 0.05) is 22.2 Å². The van der Waals surface area contributed by atoms with Gasteiger partial charge in [-0.3, -0.25) is 0 Å². The molecule has 0 heterocycles. The van der Waals surface area contributed by atoms with E-state index in [1.165, 1.54) is 6.07 Å². The summed E-state index contributed by atoms with van der Waals surface area (Å²) in [5.41, 5.74) is 7.35. The second kappa shape index (κ2) is 6.78. The highest BCUT2D eigenvalue weighted by Crippen LogP contribution is 2.32. The lowest BCUT2D eigenvalue weighted by Gasteiger charge is -2.17. The zero-order valence-electron chi connectivity index (χ0n) is 11.9. The summed E-state index contributed by atoms with van der Waals surface area (Å²) in [5, 5.41) is 0.368. The molecule has 0 amide bonds. The highest BCUT2D eigenvalue weighted by Gasteiger charge is 2.17. The molecule has 0 spiro atoms. The van der Waals surface area contributed by atoms with Crippen molar-refractivity contribution >= 4 is 11.6 Å². The summed E-state index contributed by atoms with van der Waals surface area (Å²) in [7, 11) is 3.14. The number of hydrogen-bond acceptors (Lipinski definition) is 3. The maximum atomic E-state index is 13.9. The van der Waals surface area contributed by atoms with E-state index in [-0.39, 0.29) is 12.2 Å². The van der Waals surface area contributed by atoms with Crippen LogP contribution in [0.25, 0.3) is 0 Å². The smallest absolute Gasteiger partial charge is 0.127 e. The van der Waals surface area contributed by atoms with Crippen LogP contribution in [-0.2, 0) is 6.42 Å². The van der Waals surface area contributed by atoms with Crippen molar-refractivity contribution in [2.24, 2.45) is 5.73 Å². The summed E-state index contributed by atoms with van der Waals surface area (Å²) in [4.78, 5) is 0. The predicted molar refractivity (Wildman–Crippen MR) is 81.6 cm³/mol. The lowest BCUT2D eigenvalue weighted by Crippen LogP contribution is -2.15. The molecule has 2 aromatic carbocycles. The van der Waals surface area contributed by atoms with Crippen LogP contribution in [0.2, 0.25) is 5.02 Å². The van der Waals surface area contributed by atoms with Gasteiger partial charge < -0.3 is 15.2 Å². The van der Waals surface area contributed by atoms with E-state index in [2.05, 4.69) is 0 Å². The van der Waals surface area contributed by atoms with Gasteiger partial charge >= 0.3 is 0 Å². The van der Waals surface area contributed by atoms with Crippen LogP contribution in [0, 0.1) is 5.82 Å². The average molecular weight is 310 g/mol. The Morgan fingerprint density at radius 3 is 2.57 bits per heavy atom. The molecule has 0 aliphatic heterocycles. The minimum Gasteiger partial charge on any atom is -0.497 e. The zero-order chi connectivity index (χ0) is 15.4. The highest BCUT2D eigenvalue weighted by atomic mass is 35.5. The number of methoxy groups -OCH3 is 2. The molecule has 2 N–H and O–H groups in total. The molecule has 0 aromatic heterocycles. The van der Waals surface area contributed by atoms with Gasteiger partial charge in [-0.15, -0.1) is 0 Å². The van der Waals surface area contributed by atoms with E-state index in [4.69, 9.17) is 26.8 Å². The molecule has 0 aliphatic carbocycles. The van der Waals surface area contributed by atoms with Crippen LogP contribution in [0.1, 0.15) is 17.2 Å². The third-order valence-electron chi connectivity index (χ3n) is 3.32. The number of ether oxygens (including phenoxy) is 2. The van der Waals surface area contributed by atoms with Crippen molar-refractivity contribution in [2.75, 3.05) is 14.2 Å². The van der Waals surface area contributed by atoms with E-state index >= 15 is 0 Å². The van der Waals surface area contributed by atoms with E-state index in [1.54, 1.807) is 44.6 Å². The third-order valence-corrected chi connectivity index (χ3v) is 3.68. The van der Waals surface area contributed by atoms with Gasteiger partial charge in [0.1, 0.15) is 17.3 Å². The maximum Gasteiger partial charge on any atom is 0.127 e. The monoisotopic (exact) mass is 309 g/mol. The molecular formula is C16H17ClFNO2. The first-order chi connectivity index (χ1) is 10.1. The average Bonchev–Trinajstić information content (AvgIpc) is 2.50. The fraction of sp³-hybridized carbons (Fsp3) is 0.250. The summed E-state index contributed by atoms with van der Waals surface area (Å²) in [6.45, 7) is 0. The van der Waals surface area contributed by atoms with Crippen LogP contribution >= 0.6 is 11.6 Å². The lowest BCUT2D eigenvalue weighted by molar-refractivity contribution is 0.395. The van der Waals surface area contributed by atoms with Crippen LogP contribution < -0.4 is 15.2 Å². The normalized spacial score (nSPS) is 12.0. The fourth-order valence-corrected chi connectivity index (χ4v) is 2.43. The first-order valence-electron chi connectivity index (χ1n) is 6.47. The molecule has 112 valence electrons. The van der Waals surface area contributed by atoms with E-state index in [0.717, 1.165) is 5.56 Å². The van der Waals surface area contributed by atoms with E-state index < -0.39 is 6.04 Å². The molecule has 1 unspecified atom stereocenters. The molecule has 0 fully saturated rings. The van der Waals surface area contributed by atoms with Crippen molar-refractivity contribution in [3.05, 3.63) is 58.4 Å². The summed E-state index contributed by atoms with van der Waals surface area (Å²) in [6, 6.07) is 9.48. The van der Waals surface area contributed by atoms with Crippen LogP contribution in [0.5, 0.6) is 11.5 Å². The molecule has 0 bridgehead atoms. The number of benzene rings is 2. The summed E-state index contributed by atoms with van der Waals surface area (Å²) < 4.78 is 24.4. The highest BCUT2D eigenvalue weighted by molar-refractivity contribution is 6.31. The van der Waals surface area contributed by atoms with Crippen molar-refractivity contribution in [3.63, 3.8) is 0 Å². The second-order valence-corrected chi connectivity index (χ2v) is 5.03. The van der Waals surface area contributed by atoms with E-state index in [9.17, 15) is 4.39 Å². The molecule has 0 saturated heterocycles. The van der Waals surface area contributed by atoms with Gasteiger partial charge in [-0.05, 0) is 36.8 Å². The van der Waals surface area contributed by atoms with Gasteiger partial charge in [0.25, 0.3) is 0 Å². The minimum absolute atomic E-state index is 0.273. The van der Waals surface area contributed by atoms with Gasteiger partial charge in [0.05, 0.1) is 14.2 Å². The molecule has 2 aromatic rings. The van der Waals surface area contributed by atoms with Crippen molar-refractivity contribution in [2.45, 2.75) is 12.5 Å². The number of rotatable bonds is 5. The van der Waals surface area contributed by atoms with Gasteiger partial charge in [0.15, 0.2) is 0 Å². The van der Waals surface area contributed by atoms with Crippen molar-refractivity contribution in [1.29, 1.82) is 0 Å². The van der Waals surface area contributed by atoms with Crippen LogP contribution in [-0.4, -0.2) is 14.2 Å². The van der Waals surface area contributed by atoms with Crippen LogP contribution in [0.4, 0.5) is 4.39 Å². The molecule has 0 saturated carbocycles. The van der Waals surface area contributed by atoms with Gasteiger partial charge in [-0.25, -0.2) is 4.39 Å². The molecule has 0 radical (unpaired) electrons. The number of halogens is 2. The molecule has 2 rings (SSSR count). The standard InChI is InChI=1S/C16H17ClFNO2/c1-20-10-6-7-16(21-2)12(8-10)15(19)9-11-13(17)4-3-5-14(11)18/h3-8,15H,9,19H2,1-2H3. The molecule has 0 aliphatic rings. The molecule has 21 heavy (non-hydrogen) atoms. The van der Waals surface area contributed by atoms with Crippen molar-refractivity contribution < 1.29 is 13.9 Å². The van der Waals surface area contributed by atoms with Crippen LogP contribution in [0.3, 0.4) is 0 Å².